The lowest BCUT2D eigenvalue weighted by atomic mass is 10.1. The van der Waals surface area contributed by atoms with E-state index in [4.69, 9.17) is 10.5 Å². The summed E-state index contributed by atoms with van der Waals surface area (Å²) in [5.74, 6) is 0.842. The van der Waals surface area contributed by atoms with Crippen molar-refractivity contribution in [1.29, 1.82) is 0 Å². The molecule has 2 aromatic carbocycles. The van der Waals surface area contributed by atoms with Gasteiger partial charge in [-0.15, -0.1) is 11.3 Å². The quantitative estimate of drug-likeness (QED) is 0.583. The van der Waals surface area contributed by atoms with Crippen LogP contribution in [0.4, 0.5) is 5.13 Å². The number of rotatable bonds is 4. The highest BCUT2D eigenvalue weighted by Crippen LogP contribution is 2.36. The van der Waals surface area contributed by atoms with E-state index in [1.807, 2.05) is 48.0 Å². The van der Waals surface area contributed by atoms with Crippen LogP contribution in [0.5, 0.6) is 5.75 Å². The first kappa shape index (κ1) is 13.8. The molecule has 4 aromatic rings. The van der Waals surface area contributed by atoms with Crippen molar-refractivity contribution in [2.45, 2.75) is 6.61 Å². The van der Waals surface area contributed by atoms with Gasteiger partial charge in [-0.05, 0) is 17.7 Å². The number of nitrogens with one attached hydrogen (secondary N) is 1. The summed E-state index contributed by atoms with van der Waals surface area (Å²) < 4.78 is 6.06. The second kappa shape index (κ2) is 5.78. The zero-order chi connectivity index (χ0) is 15.6. The fourth-order valence-electron chi connectivity index (χ4n) is 2.62. The number of fused-ring (bicyclic) bond motifs is 1. The molecule has 0 aliphatic rings. The molecule has 0 aliphatic carbocycles. The van der Waals surface area contributed by atoms with Gasteiger partial charge >= 0.3 is 0 Å². The molecule has 0 spiro atoms. The zero-order valence-electron chi connectivity index (χ0n) is 12.3. The van der Waals surface area contributed by atoms with E-state index < -0.39 is 0 Å². The molecule has 114 valence electrons. The fourth-order valence-corrected chi connectivity index (χ4v) is 3.18. The van der Waals surface area contributed by atoms with Crippen molar-refractivity contribution in [2.75, 3.05) is 5.73 Å². The Morgan fingerprint density at radius 3 is 2.74 bits per heavy atom. The average Bonchev–Trinajstić information content (AvgIpc) is 3.20. The number of hydrogen-bond acceptors (Lipinski definition) is 4. The molecule has 3 N–H and O–H groups in total. The first-order chi connectivity index (χ1) is 11.3. The minimum atomic E-state index is 0.532. The lowest BCUT2D eigenvalue weighted by molar-refractivity contribution is 0.310. The van der Waals surface area contributed by atoms with E-state index in [1.54, 1.807) is 0 Å². The molecule has 0 amide bonds. The summed E-state index contributed by atoms with van der Waals surface area (Å²) in [5.41, 5.74) is 9.81. The van der Waals surface area contributed by atoms with Gasteiger partial charge in [0.1, 0.15) is 12.4 Å². The summed E-state index contributed by atoms with van der Waals surface area (Å²) in [5, 5.41) is 3.57. The Balaban J connectivity index is 1.73. The third-order valence-electron chi connectivity index (χ3n) is 3.70. The molecule has 0 bridgehead atoms. The fraction of sp³-hybridized carbons (Fsp3) is 0.0556. The van der Waals surface area contributed by atoms with Gasteiger partial charge in [0, 0.05) is 22.7 Å². The maximum Gasteiger partial charge on any atom is 0.180 e. The number of H-pyrrole nitrogens is 1. The molecule has 0 atom stereocenters. The van der Waals surface area contributed by atoms with Crippen LogP contribution in [0.2, 0.25) is 0 Å². The predicted octanol–water partition coefficient (Wildman–Crippen LogP) is 4.45. The summed E-state index contributed by atoms with van der Waals surface area (Å²) in [7, 11) is 0. The molecule has 0 saturated carbocycles. The Hall–Kier alpha value is -2.79. The molecule has 2 heterocycles. The van der Waals surface area contributed by atoms with E-state index in [0.717, 1.165) is 33.5 Å². The van der Waals surface area contributed by atoms with Crippen molar-refractivity contribution in [1.82, 2.24) is 9.97 Å². The molecule has 0 fully saturated rings. The smallest absolute Gasteiger partial charge is 0.180 e. The summed E-state index contributed by atoms with van der Waals surface area (Å²) >= 11 is 1.44. The molecule has 4 nitrogen and oxygen atoms in total. The molecule has 5 heteroatoms. The third-order valence-corrected chi connectivity index (χ3v) is 4.38. The highest BCUT2D eigenvalue weighted by Gasteiger charge is 2.13. The van der Waals surface area contributed by atoms with Gasteiger partial charge in [0.2, 0.25) is 0 Å². The number of nitrogens with zero attached hydrogens (tertiary/aromatic N) is 1. The monoisotopic (exact) mass is 321 g/mol. The summed E-state index contributed by atoms with van der Waals surface area (Å²) in [4.78, 5) is 7.66. The number of aromatic nitrogens is 2. The number of ether oxygens (including phenoxy) is 1. The van der Waals surface area contributed by atoms with Crippen molar-refractivity contribution in [3.63, 3.8) is 0 Å². The highest BCUT2D eigenvalue weighted by molar-refractivity contribution is 7.13. The molecule has 4 rings (SSSR count). The van der Waals surface area contributed by atoms with Crippen LogP contribution >= 0.6 is 11.3 Å². The molecule has 0 unspecified atom stereocenters. The standard InChI is InChI=1S/C18H15N3OS/c19-18-21-15(11-23-18)13-9-20-14-7-4-8-16(17(13)14)22-10-12-5-2-1-3-6-12/h1-9,11,20H,10H2,(H2,19,21). The van der Waals surface area contributed by atoms with Crippen LogP contribution in [0, 0.1) is 0 Å². The Bertz CT molecular complexity index is 943. The number of anilines is 1. The van der Waals surface area contributed by atoms with Crippen LogP contribution in [-0.4, -0.2) is 9.97 Å². The first-order valence-electron chi connectivity index (χ1n) is 7.29. The van der Waals surface area contributed by atoms with E-state index in [-0.39, 0.29) is 0 Å². The van der Waals surface area contributed by atoms with Gasteiger partial charge in [0.15, 0.2) is 5.13 Å². The van der Waals surface area contributed by atoms with Crippen LogP contribution in [0.1, 0.15) is 5.56 Å². The maximum atomic E-state index is 6.06. The second-order valence-electron chi connectivity index (χ2n) is 5.23. The van der Waals surface area contributed by atoms with Crippen LogP contribution in [0.3, 0.4) is 0 Å². The maximum absolute atomic E-state index is 6.06. The molecule has 2 aromatic heterocycles. The van der Waals surface area contributed by atoms with Gasteiger partial charge in [-0.1, -0.05) is 36.4 Å². The highest BCUT2D eigenvalue weighted by atomic mass is 32.1. The number of nitrogens with two attached hydrogens (primary N) is 1. The van der Waals surface area contributed by atoms with Crippen LogP contribution in [0.15, 0.2) is 60.1 Å². The Kier molecular flexibility index (Phi) is 3.48. The van der Waals surface area contributed by atoms with E-state index in [2.05, 4.69) is 22.1 Å². The van der Waals surface area contributed by atoms with Gasteiger partial charge in [-0.2, -0.15) is 0 Å². The lowest BCUT2D eigenvalue weighted by Crippen LogP contribution is -1.95. The van der Waals surface area contributed by atoms with Crippen LogP contribution in [0.25, 0.3) is 22.2 Å². The van der Waals surface area contributed by atoms with Crippen molar-refractivity contribution < 1.29 is 4.74 Å². The number of benzene rings is 2. The van der Waals surface area contributed by atoms with Gasteiger partial charge in [-0.3, -0.25) is 0 Å². The average molecular weight is 321 g/mol. The zero-order valence-corrected chi connectivity index (χ0v) is 13.1. The normalized spacial score (nSPS) is 11.0. The van der Waals surface area contributed by atoms with E-state index in [1.165, 1.54) is 11.3 Å². The molecule has 0 saturated heterocycles. The first-order valence-corrected chi connectivity index (χ1v) is 8.17. The Morgan fingerprint density at radius 1 is 1.09 bits per heavy atom. The number of thiazole rings is 1. The summed E-state index contributed by atoms with van der Waals surface area (Å²) in [6.45, 7) is 0.532. The Labute approximate surface area is 137 Å². The number of nitrogen functional groups attached to an aromatic ring is 1. The van der Waals surface area contributed by atoms with Gasteiger partial charge < -0.3 is 15.5 Å². The second-order valence-corrected chi connectivity index (χ2v) is 6.12. The number of hydrogen-bond donors (Lipinski definition) is 2. The molecular weight excluding hydrogens is 306 g/mol. The largest absolute Gasteiger partial charge is 0.488 e. The summed E-state index contributed by atoms with van der Waals surface area (Å²) in [6.07, 6.45) is 1.95. The van der Waals surface area contributed by atoms with E-state index in [9.17, 15) is 0 Å². The Morgan fingerprint density at radius 2 is 1.96 bits per heavy atom. The van der Waals surface area contributed by atoms with Gasteiger partial charge in [0.25, 0.3) is 0 Å². The lowest BCUT2D eigenvalue weighted by Gasteiger charge is -2.08. The van der Waals surface area contributed by atoms with Crippen LogP contribution in [-0.2, 0) is 6.61 Å². The van der Waals surface area contributed by atoms with Crippen molar-refractivity contribution in [3.05, 3.63) is 65.7 Å². The third kappa shape index (κ3) is 2.66. The van der Waals surface area contributed by atoms with Crippen molar-refractivity contribution >= 4 is 27.4 Å². The number of aromatic amines is 1. The minimum absolute atomic E-state index is 0.532. The molecule has 0 aliphatic heterocycles. The SMILES string of the molecule is Nc1nc(-c2c[nH]c3cccc(OCc4ccccc4)c23)cs1. The molecular formula is C18H15N3OS. The topological polar surface area (TPSA) is 63.9 Å². The van der Waals surface area contributed by atoms with Gasteiger partial charge in [0.05, 0.1) is 11.1 Å². The minimum Gasteiger partial charge on any atom is -0.488 e. The van der Waals surface area contributed by atoms with Crippen LogP contribution < -0.4 is 10.5 Å². The molecule has 23 heavy (non-hydrogen) atoms. The van der Waals surface area contributed by atoms with Crippen molar-refractivity contribution in [3.8, 4) is 17.0 Å². The predicted molar refractivity (Wildman–Crippen MR) is 94.6 cm³/mol. The van der Waals surface area contributed by atoms with Gasteiger partial charge in [-0.25, -0.2) is 4.98 Å². The van der Waals surface area contributed by atoms with Crippen molar-refractivity contribution in [2.24, 2.45) is 0 Å². The summed E-state index contributed by atoms with van der Waals surface area (Å²) in [6, 6.07) is 16.1. The molecule has 0 radical (unpaired) electrons. The van der Waals surface area contributed by atoms with E-state index in [0.29, 0.717) is 11.7 Å². The van der Waals surface area contributed by atoms with E-state index >= 15 is 0 Å².